The number of nitrogens with zero attached hydrogens (tertiary/aromatic N) is 2. The number of morpholine rings is 1. The lowest BCUT2D eigenvalue weighted by Gasteiger charge is -2.29. The number of amides is 1. The number of halogens is 1. The molecule has 1 saturated heterocycles. The highest BCUT2D eigenvalue weighted by atomic mass is 19.1. The van der Waals surface area contributed by atoms with Crippen molar-refractivity contribution in [1.82, 2.24) is 5.32 Å². The fourth-order valence-corrected chi connectivity index (χ4v) is 2.85. The number of nitrogens with one attached hydrogen (secondary N) is 1. The van der Waals surface area contributed by atoms with Crippen LogP contribution in [0.25, 0.3) is 0 Å². The zero-order chi connectivity index (χ0) is 20.7. The minimum Gasteiger partial charge on any atom is -0.449 e. The number of alkyl carbamates (subject to hydrolysis) is 1. The van der Waals surface area contributed by atoms with Crippen LogP contribution in [-0.2, 0) is 9.47 Å². The van der Waals surface area contributed by atoms with Gasteiger partial charge >= 0.3 is 6.09 Å². The summed E-state index contributed by atoms with van der Waals surface area (Å²) in [5.74, 6) is -0.474. The monoisotopic (exact) mass is 399 g/mol. The van der Waals surface area contributed by atoms with Gasteiger partial charge in [0.15, 0.2) is 0 Å². The van der Waals surface area contributed by atoms with Gasteiger partial charge in [0.1, 0.15) is 11.9 Å². The Morgan fingerprint density at radius 1 is 1.43 bits per heavy atom. The zero-order valence-corrected chi connectivity index (χ0v) is 16.0. The van der Waals surface area contributed by atoms with Crippen molar-refractivity contribution in [2.75, 3.05) is 44.4 Å². The van der Waals surface area contributed by atoms with Crippen molar-refractivity contribution in [1.29, 1.82) is 0 Å². The minimum atomic E-state index is -1.58. The smallest absolute Gasteiger partial charge is 0.407 e. The van der Waals surface area contributed by atoms with E-state index in [9.17, 15) is 24.4 Å². The Bertz CT molecular complexity index is 681. The summed E-state index contributed by atoms with van der Waals surface area (Å²) in [4.78, 5) is 24.1. The molecule has 156 valence electrons. The summed E-state index contributed by atoms with van der Waals surface area (Å²) >= 11 is 0. The largest absolute Gasteiger partial charge is 0.449 e. The van der Waals surface area contributed by atoms with E-state index in [0.717, 1.165) is 6.07 Å². The first-order chi connectivity index (χ1) is 13.3. The third kappa shape index (κ3) is 6.03. The highest BCUT2D eigenvalue weighted by Gasteiger charge is 2.33. The van der Waals surface area contributed by atoms with Gasteiger partial charge in [0.25, 0.3) is 6.04 Å². The summed E-state index contributed by atoms with van der Waals surface area (Å²) in [7, 11) is 0. The number of anilines is 1. The number of rotatable bonds is 8. The van der Waals surface area contributed by atoms with Gasteiger partial charge in [0.05, 0.1) is 32.1 Å². The lowest BCUT2D eigenvalue weighted by Crippen LogP contribution is -2.39. The molecule has 2 atom stereocenters. The van der Waals surface area contributed by atoms with Gasteiger partial charge in [-0.1, -0.05) is 13.8 Å². The fraction of sp³-hybridized carbons (Fsp3) is 0.611. The summed E-state index contributed by atoms with van der Waals surface area (Å²) < 4.78 is 24.7. The zero-order valence-electron chi connectivity index (χ0n) is 16.0. The van der Waals surface area contributed by atoms with Gasteiger partial charge in [-0.25, -0.2) is 9.18 Å². The third-order valence-corrected chi connectivity index (χ3v) is 4.26. The summed E-state index contributed by atoms with van der Waals surface area (Å²) in [6.07, 6.45) is -2.32. The first-order valence-corrected chi connectivity index (χ1v) is 9.14. The van der Waals surface area contributed by atoms with E-state index in [2.05, 4.69) is 5.32 Å². The molecule has 1 aliphatic rings. The number of hydrogen-bond acceptors (Lipinski definition) is 7. The summed E-state index contributed by atoms with van der Waals surface area (Å²) in [6.45, 7) is 5.54. The number of carbonyl (C=O) groups is 1. The normalized spacial score (nSPS) is 16.5. The summed E-state index contributed by atoms with van der Waals surface area (Å²) in [5, 5.41) is 23.9. The number of hydrogen-bond donors (Lipinski definition) is 2. The Morgan fingerprint density at radius 2 is 2.11 bits per heavy atom. The second kappa shape index (κ2) is 10.2. The molecule has 0 aromatic heterocycles. The molecule has 1 heterocycles. The molecular weight excluding hydrogens is 373 g/mol. The van der Waals surface area contributed by atoms with Crippen molar-refractivity contribution < 1.29 is 28.7 Å². The summed E-state index contributed by atoms with van der Waals surface area (Å²) in [6, 6.07) is 2.35. The van der Waals surface area contributed by atoms with Crippen LogP contribution >= 0.6 is 0 Å². The molecule has 0 bridgehead atoms. The van der Waals surface area contributed by atoms with Crippen molar-refractivity contribution in [2.24, 2.45) is 5.92 Å². The molecular formula is C18H26FN3O6. The van der Waals surface area contributed by atoms with Gasteiger partial charge in [-0.3, -0.25) is 10.1 Å². The van der Waals surface area contributed by atoms with Crippen molar-refractivity contribution >= 4 is 11.8 Å². The van der Waals surface area contributed by atoms with E-state index >= 15 is 0 Å². The van der Waals surface area contributed by atoms with Gasteiger partial charge in [0, 0.05) is 23.6 Å². The Hall–Kier alpha value is -2.46. The second-order valence-electron chi connectivity index (χ2n) is 6.98. The second-order valence-corrected chi connectivity index (χ2v) is 6.98. The molecule has 2 N–H and O–H groups in total. The molecule has 1 aliphatic heterocycles. The van der Waals surface area contributed by atoms with Crippen molar-refractivity contribution in [3.63, 3.8) is 0 Å². The molecule has 1 fully saturated rings. The quantitative estimate of drug-likeness (QED) is 0.505. The van der Waals surface area contributed by atoms with Crippen LogP contribution in [0, 0.1) is 21.8 Å². The predicted molar refractivity (Wildman–Crippen MR) is 99.4 cm³/mol. The van der Waals surface area contributed by atoms with Crippen molar-refractivity contribution in [2.45, 2.75) is 26.0 Å². The van der Waals surface area contributed by atoms with E-state index in [1.165, 1.54) is 12.1 Å². The maximum Gasteiger partial charge on any atom is 0.407 e. The molecule has 1 aromatic carbocycles. The average molecular weight is 399 g/mol. The van der Waals surface area contributed by atoms with Crippen LogP contribution in [0.1, 0.15) is 25.5 Å². The van der Waals surface area contributed by atoms with E-state index in [4.69, 9.17) is 9.47 Å². The van der Waals surface area contributed by atoms with E-state index < -0.39 is 35.5 Å². The molecule has 28 heavy (non-hydrogen) atoms. The molecule has 2 unspecified atom stereocenters. The van der Waals surface area contributed by atoms with Crippen LogP contribution < -0.4 is 10.2 Å². The van der Waals surface area contributed by atoms with E-state index in [1.807, 2.05) is 13.8 Å². The number of carbonyl (C=O) groups excluding carboxylic acids is 1. The van der Waals surface area contributed by atoms with E-state index in [1.54, 1.807) is 4.90 Å². The lowest BCUT2D eigenvalue weighted by atomic mass is 10.0. The first kappa shape index (κ1) is 21.8. The molecule has 10 heteroatoms. The maximum atomic E-state index is 14.5. The molecule has 1 aromatic rings. The molecule has 0 spiro atoms. The number of aliphatic hydroxyl groups excluding tert-OH is 1. The average Bonchev–Trinajstić information content (AvgIpc) is 2.65. The van der Waals surface area contributed by atoms with Crippen LogP contribution in [0.5, 0.6) is 0 Å². The lowest BCUT2D eigenvalue weighted by molar-refractivity contribution is -0.540. The topological polar surface area (TPSA) is 114 Å². The molecule has 9 nitrogen and oxygen atoms in total. The van der Waals surface area contributed by atoms with Crippen LogP contribution in [0.2, 0.25) is 0 Å². The SMILES string of the molecule is CC(C)COC(=O)NCC(O)C(c1ccc(N2CCOCC2)c(F)c1)[N+](=O)[O-]. The molecule has 0 saturated carbocycles. The van der Waals surface area contributed by atoms with E-state index in [-0.39, 0.29) is 18.1 Å². The highest BCUT2D eigenvalue weighted by Crippen LogP contribution is 2.27. The Morgan fingerprint density at radius 3 is 2.68 bits per heavy atom. The van der Waals surface area contributed by atoms with Gasteiger partial charge in [-0.2, -0.15) is 0 Å². The molecule has 1 amide bonds. The number of benzene rings is 1. The summed E-state index contributed by atoms with van der Waals surface area (Å²) in [5.41, 5.74) is 0.350. The van der Waals surface area contributed by atoms with Gasteiger partial charge in [-0.15, -0.1) is 0 Å². The minimum absolute atomic E-state index is 0.0179. The first-order valence-electron chi connectivity index (χ1n) is 9.14. The Labute approximate surface area is 162 Å². The molecule has 0 aliphatic carbocycles. The number of ether oxygens (including phenoxy) is 2. The van der Waals surface area contributed by atoms with E-state index in [0.29, 0.717) is 32.0 Å². The Kier molecular flexibility index (Phi) is 7.94. The third-order valence-electron chi connectivity index (χ3n) is 4.26. The van der Waals surface area contributed by atoms with Gasteiger partial charge < -0.3 is 24.8 Å². The van der Waals surface area contributed by atoms with Crippen LogP contribution in [0.4, 0.5) is 14.9 Å². The molecule has 0 radical (unpaired) electrons. The van der Waals surface area contributed by atoms with Gasteiger partial charge in [-0.05, 0) is 24.1 Å². The van der Waals surface area contributed by atoms with Crippen molar-refractivity contribution in [3.8, 4) is 0 Å². The van der Waals surface area contributed by atoms with Crippen LogP contribution in [-0.4, -0.2) is 61.7 Å². The predicted octanol–water partition coefficient (Wildman–Crippen LogP) is 1.72. The van der Waals surface area contributed by atoms with Crippen LogP contribution in [0.3, 0.4) is 0 Å². The maximum absolute atomic E-state index is 14.5. The van der Waals surface area contributed by atoms with Gasteiger partial charge in [0.2, 0.25) is 0 Å². The fourth-order valence-electron chi connectivity index (χ4n) is 2.85. The highest BCUT2D eigenvalue weighted by molar-refractivity contribution is 5.67. The molecule has 2 rings (SSSR count). The Balaban J connectivity index is 2.05. The number of aliphatic hydroxyl groups is 1. The number of nitro groups is 1. The van der Waals surface area contributed by atoms with Crippen LogP contribution in [0.15, 0.2) is 18.2 Å². The van der Waals surface area contributed by atoms with Crippen molar-refractivity contribution in [3.05, 3.63) is 39.7 Å². The standard InChI is InChI=1S/C18H26FN3O6/c1-12(2)11-28-18(24)20-10-16(23)17(22(25)26)13-3-4-15(14(19)9-13)21-5-7-27-8-6-21/h3-4,9,12,16-17,23H,5-8,10-11H2,1-2H3,(H,20,24).